The monoisotopic (exact) mass is 218 g/mol. The predicted molar refractivity (Wildman–Crippen MR) is 60.8 cm³/mol. The van der Waals surface area contributed by atoms with Crippen LogP contribution in [0.4, 0.5) is 5.69 Å². The second kappa shape index (κ2) is 4.79. The van der Waals surface area contributed by atoms with E-state index in [4.69, 9.17) is 0 Å². The molecule has 0 heterocycles. The lowest BCUT2D eigenvalue weighted by molar-refractivity contribution is -0.125. The fourth-order valence-corrected chi connectivity index (χ4v) is 1.38. The van der Waals surface area contributed by atoms with Crippen molar-refractivity contribution >= 4 is 17.5 Å². The van der Waals surface area contributed by atoms with Gasteiger partial charge in [0.2, 0.25) is 11.8 Å². The van der Waals surface area contributed by atoms with Crippen LogP contribution in [0.1, 0.15) is 12.8 Å². The molecule has 0 aromatic heterocycles. The Balaban J connectivity index is 1.74. The van der Waals surface area contributed by atoms with Crippen LogP contribution in [0.2, 0.25) is 0 Å². The maximum absolute atomic E-state index is 11.4. The summed E-state index contributed by atoms with van der Waals surface area (Å²) in [6, 6.07) is 9.18. The van der Waals surface area contributed by atoms with Gasteiger partial charge in [-0.15, -0.1) is 0 Å². The van der Waals surface area contributed by atoms with Crippen LogP contribution in [0.3, 0.4) is 0 Å². The highest BCUT2D eigenvalue weighted by Crippen LogP contribution is 2.28. The van der Waals surface area contributed by atoms with E-state index >= 15 is 0 Å². The smallest absolute Gasteiger partial charge is 0.243 e. The number of hydrogen-bond acceptors (Lipinski definition) is 2. The van der Waals surface area contributed by atoms with Crippen molar-refractivity contribution in [3.8, 4) is 0 Å². The molecule has 1 aromatic carbocycles. The van der Waals surface area contributed by atoms with Crippen LogP contribution in [-0.4, -0.2) is 18.4 Å². The number of amides is 2. The number of benzene rings is 1. The number of para-hydroxylation sites is 1. The van der Waals surface area contributed by atoms with Crippen molar-refractivity contribution in [2.45, 2.75) is 12.8 Å². The molecule has 0 unspecified atom stereocenters. The van der Waals surface area contributed by atoms with E-state index in [2.05, 4.69) is 10.6 Å². The molecule has 84 valence electrons. The highest BCUT2D eigenvalue weighted by molar-refractivity contribution is 5.95. The highest BCUT2D eigenvalue weighted by Gasteiger charge is 2.29. The number of carbonyl (C=O) groups is 2. The molecule has 4 heteroatoms. The lowest BCUT2D eigenvalue weighted by Gasteiger charge is -2.05. The van der Waals surface area contributed by atoms with E-state index in [1.165, 1.54) is 0 Å². The zero-order valence-corrected chi connectivity index (χ0v) is 8.90. The molecule has 2 N–H and O–H groups in total. The topological polar surface area (TPSA) is 58.2 Å². The SMILES string of the molecule is O=C(CNC(=O)C1CC1)Nc1ccccc1. The fourth-order valence-electron chi connectivity index (χ4n) is 1.38. The van der Waals surface area contributed by atoms with Gasteiger partial charge < -0.3 is 10.6 Å². The Hall–Kier alpha value is -1.84. The van der Waals surface area contributed by atoms with Gasteiger partial charge >= 0.3 is 0 Å². The van der Waals surface area contributed by atoms with E-state index in [0.717, 1.165) is 18.5 Å². The van der Waals surface area contributed by atoms with Gasteiger partial charge in [0.05, 0.1) is 6.54 Å². The van der Waals surface area contributed by atoms with Crippen LogP contribution in [0.5, 0.6) is 0 Å². The second-order valence-corrected chi connectivity index (χ2v) is 3.91. The van der Waals surface area contributed by atoms with E-state index in [9.17, 15) is 9.59 Å². The molecule has 2 rings (SSSR count). The molecule has 2 amide bonds. The molecule has 1 fully saturated rings. The van der Waals surface area contributed by atoms with Crippen molar-refractivity contribution < 1.29 is 9.59 Å². The van der Waals surface area contributed by atoms with Crippen molar-refractivity contribution in [1.29, 1.82) is 0 Å². The van der Waals surface area contributed by atoms with E-state index in [0.29, 0.717) is 0 Å². The maximum atomic E-state index is 11.4. The summed E-state index contributed by atoms with van der Waals surface area (Å²) in [5.74, 6) is -0.0621. The normalized spacial score (nSPS) is 14.2. The highest BCUT2D eigenvalue weighted by atomic mass is 16.2. The third kappa shape index (κ3) is 3.08. The molecule has 1 aromatic rings. The Labute approximate surface area is 94.0 Å². The summed E-state index contributed by atoms with van der Waals surface area (Å²) in [7, 11) is 0. The van der Waals surface area contributed by atoms with Gasteiger partial charge in [0.25, 0.3) is 0 Å². The Bertz CT molecular complexity index is 385. The van der Waals surface area contributed by atoms with Gasteiger partial charge in [-0.3, -0.25) is 9.59 Å². The Morgan fingerprint density at radius 2 is 1.88 bits per heavy atom. The molecule has 1 aliphatic carbocycles. The van der Waals surface area contributed by atoms with Gasteiger partial charge in [0, 0.05) is 11.6 Å². The molecule has 0 spiro atoms. The summed E-state index contributed by atoms with van der Waals surface area (Å²) >= 11 is 0. The lowest BCUT2D eigenvalue weighted by atomic mass is 10.3. The second-order valence-electron chi connectivity index (χ2n) is 3.91. The van der Waals surface area contributed by atoms with Gasteiger partial charge in [-0.2, -0.15) is 0 Å². The molecular formula is C12H14N2O2. The number of nitrogens with one attached hydrogen (secondary N) is 2. The van der Waals surface area contributed by atoms with Gasteiger partial charge in [-0.1, -0.05) is 18.2 Å². The molecule has 1 saturated carbocycles. The van der Waals surface area contributed by atoms with Crippen LogP contribution in [0, 0.1) is 5.92 Å². The van der Waals surface area contributed by atoms with Gasteiger partial charge in [-0.05, 0) is 25.0 Å². The number of rotatable bonds is 4. The summed E-state index contributed by atoms with van der Waals surface area (Å²) in [6.07, 6.45) is 1.90. The molecule has 0 aliphatic heterocycles. The maximum Gasteiger partial charge on any atom is 0.243 e. The third-order valence-corrected chi connectivity index (χ3v) is 2.43. The molecule has 0 atom stereocenters. The zero-order valence-electron chi connectivity index (χ0n) is 8.90. The number of hydrogen-bond donors (Lipinski definition) is 2. The van der Waals surface area contributed by atoms with Gasteiger partial charge in [0.1, 0.15) is 0 Å². The molecule has 16 heavy (non-hydrogen) atoms. The molecule has 0 radical (unpaired) electrons. The largest absolute Gasteiger partial charge is 0.347 e. The quantitative estimate of drug-likeness (QED) is 0.796. The van der Waals surface area contributed by atoms with Crippen LogP contribution < -0.4 is 10.6 Å². The van der Waals surface area contributed by atoms with E-state index in [-0.39, 0.29) is 24.3 Å². The molecule has 1 aliphatic rings. The summed E-state index contributed by atoms with van der Waals surface area (Å²) in [4.78, 5) is 22.7. The Morgan fingerprint density at radius 1 is 1.19 bits per heavy atom. The average molecular weight is 218 g/mol. The van der Waals surface area contributed by atoms with Crippen LogP contribution >= 0.6 is 0 Å². The van der Waals surface area contributed by atoms with E-state index in [1.54, 1.807) is 12.1 Å². The molecule has 4 nitrogen and oxygen atoms in total. The fraction of sp³-hybridized carbons (Fsp3) is 0.333. The van der Waals surface area contributed by atoms with Crippen LogP contribution in [-0.2, 0) is 9.59 Å². The Morgan fingerprint density at radius 3 is 2.50 bits per heavy atom. The van der Waals surface area contributed by atoms with Crippen molar-refractivity contribution in [2.24, 2.45) is 5.92 Å². The van der Waals surface area contributed by atoms with E-state index in [1.807, 2.05) is 18.2 Å². The van der Waals surface area contributed by atoms with Crippen molar-refractivity contribution in [3.05, 3.63) is 30.3 Å². The minimum atomic E-state index is -0.194. The summed E-state index contributed by atoms with van der Waals surface area (Å²) in [5, 5.41) is 5.32. The first kappa shape index (κ1) is 10.7. The minimum Gasteiger partial charge on any atom is -0.347 e. The zero-order chi connectivity index (χ0) is 11.4. The van der Waals surface area contributed by atoms with Crippen LogP contribution in [0.25, 0.3) is 0 Å². The summed E-state index contributed by atoms with van der Waals surface area (Å²) < 4.78 is 0. The molecular weight excluding hydrogens is 204 g/mol. The first-order chi connectivity index (χ1) is 7.75. The van der Waals surface area contributed by atoms with Crippen molar-refractivity contribution in [3.63, 3.8) is 0 Å². The molecule has 0 bridgehead atoms. The third-order valence-electron chi connectivity index (χ3n) is 2.43. The summed E-state index contributed by atoms with van der Waals surface area (Å²) in [5.41, 5.74) is 0.744. The van der Waals surface area contributed by atoms with Crippen molar-refractivity contribution in [1.82, 2.24) is 5.32 Å². The van der Waals surface area contributed by atoms with Crippen molar-refractivity contribution in [2.75, 3.05) is 11.9 Å². The first-order valence-electron chi connectivity index (χ1n) is 5.38. The summed E-state index contributed by atoms with van der Waals surface area (Å²) in [6.45, 7) is 0.0459. The number of anilines is 1. The average Bonchev–Trinajstić information content (AvgIpc) is 3.11. The van der Waals surface area contributed by atoms with Crippen LogP contribution in [0.15, 0.2) is 30.3 Å². The number of carbonyl (C=O) groups excluding carboxylic acids is 2. The molecule has 0 saturated heterocycles. The predicted octanol–water partition coefficient (Wildman–Crippen LogP) is 1.15. The standard InChI is InChI=1S/C12H14N2O2/c15-11(8-13-12(16)9-6-7-9)14-10-4-2-1-3-5-10/h1-5,9H,6-8H2,(H,13,16)(H,14,15). The first-order valence-corrected chi connectivity index (χ1v) is 5.38. The minimum absolute atomic E-state index is 0.0109. The van der Waals surface area contributed by atoms with Gasteiger partial charge in [-0.25, -0.2) is 0 Å². The Kier molecular flexibility index (Phi) is 3.19. The van der Waals surface area contributed by atoms with E-state index < -0.39 is 0 Å². The van der Waals surface area contributed by atoms with Gasteiger partial charge in [0.15, 0.2) is 0 Å². The lowest BCUT2D eigenvalue weighted by Crippen LogP contribution is -2.33.